The highest BCUT2D eigenvalue weighted by Gasteiger charge is 2.34. The number of halogens is 5. The van der Waals surface area contributed by atoms with E-state index in [4.69, 9.17) is 30.5 Å². The van der Waals surface area contributed by atoms with Crippen LogP contribution in [0.3, 0.4) is 0 Å². The molecule has 0 unspecified atom stereocenters. The Bertz CT molecular complexity index is 2180. The highest BCUT2D eigenvalue weighted by atomic mass is 35.5. The molecule has 0 radical (unpaired) electrons. The molecule has 1 fully saturated rings. The van der Waals surface area contributed by atoms with Crippen molar-refractivity contribution < 1.29 is 31.5 Å². The Morgan fingerprint density at radius 3 is 2.55 bits per heavy atom. The van der Waals surface area contributed by atoms with Gasteiger partial charge < -0.3 is 23.4 Å². The van der Waals surface area contributed by atoms with Crippen molar-refractivity contribution in [3.63, 3.8) is 0 Å². The van der Waals surface area contributed by atoms with Crippen LogP contribution in [0.2, 0.25) is 5.02 Å². The number of fused-ring (bicyclic) bond motifs is 1. The zero-order valence-corrected chi connectivity index (χ0v) is 28.1. The zero-order valence-electron chi connectivity index (χ0n) is 27.4. The molecule has 0 saturated carbocycles. The standard InChI is InChI=1S/C33H26ClF4N7O2.C3H6O/c1-44-28-8-6-20(31-42-27(18-47-31)26-15-39-32(43-26)33(36,37)38)13-25(28)40-29(44)16-45-11-9-19(10-12-45)24-3-2-4-30(41-24)46-17-21-5-7-22(34)14-23(21)35;1-2-4-3-1/h2-9,13-15,18H,10-12,16-17H2,1H3,(H,39,43);1-3H2. The first-order chi connectivity index (χ1) is 24.6. The van der Waals surface area contributed by atoms with Crippen molar-refractivity contribution in [3.05, 3.63) is 107 Å². The Kier molecular flexibility index (Phi) is 9.89. The summed E-state index contributed by atoms with van der Waals surface area (Å²) in [7, 11) is 1.96. The van der Waals surface area contributed by atoms with Crippen LogP contribution in [-0.2, 0) is 31.1 Å². The topological polar surface area (TPSA) is 107 Å². The average molecular weight is 722 g/mol. The summed E-state index contributed by atoms with van der Waals surface area (Å²) < 4.78 is 71.0. The van der Waals surface area contributed by atoms with E-state index in [-0.39, 0.29) is 23.9 Å². The summed E-state index contributed by atoms with van der Waals surface area (Å²) in [6, 6.07) is 15.6. The Labute approximate surface area is 294 Å². The van der Waals surface area contributed by atoms with Crippen molar-refractivity contribution in [1.29, 1.82) is 0 Å². The number of nitrogens with zero attached hydrogens (tertiary/aromatic N) is 6. The quantitative estimate of drug-likeness (QED) is 0.157. The lowest BCUT2D eigenvalue weighted by molar-refractivity contribution is -0.144. The first-order valence-electron chi connectivity index (χ1n) is 16.2. The minimum absolute atomic E-state index is 0.0438. The van der Waals surface area contributed by atoms with Crippen molar-refractivity contribution in [2.75, 3.05) is 26.3 Å². The molecule has 51 heavy (non-hydrogen) atoms. The summed E-state index contributed by atoms with van der Waals surface area (Å²) in [5.41, 5.74) is 4.95. The van der Waals surface area contributed by atoms with E-state index in [1.165, 1.54) is 18.8 Å². The van der Waals surface area contributed by atoms with Gasteiger partial charge in [0.25, 0.3) is 0 Å². The fourth-order valence-electron chi connectivity index (χ4n) is 5.55. The predicted octanol–water partition coefficient (Wildman–Crippen LogP) is 8.10. The number of aryl methyl sites for hydroxylation is 1. The van der Waals surface area contributed by atoms with Crippen LogP contribution in [0.1, 0.15) is 35.7 Å². The van der Waals surface area contributed by atoms with Gasteiger partial charge in [-0.3, -0.25) is 4.90 Å². The van der Waals surface area contributed by atoms with Crippen LogP contribution in [0.4, 0.5) is 17.6 Å². The molecule has 0 bridgehead atoms. The molecule has 2 aromatic carbocycles. The second-order valence-electron chi connectivity index (χ2n) is 12.0. The molecule has 6 aromatic rings. The molecule has 1 saturated heterocycles. The zero-order chi connectivity index (χ0) is 35.5. The maximum Gasteiger partial charge on any atom is 0.449 e. The number of alkyl halides is 3. The number of aromatic nitrogens is 6. The number of nitrogens with one attached hydrogen (secondary N) is 1. The van der Waals surface area contributed by atoms with E-state index in [1.54, 1.807) is 18.2 Å². The third kappa shape index (κ3) is 7.98. The van der Waals surface area contributed by atoms with Gasteiger partial charge in [-0.2, -0.15) is 13.2 Å². The van der Waals surface area contributed by atoms with E-state index in [2.05, 4.69) is 30.9 Å². The van der Waals surface area contributed by atoms with Crippen LogP contribution in [0.5, 0.6) is 5.88 Å². The van der Waals surface area contributed by atoms with Crippen LogP contribution < -0.4 is 4.74 Å². The molecule has 6 heterocycles. The monoisotopic (exact) mass is 721 g/mol. The number of pyridine rings is 1. The van der Waals surface area contributed by atoms with Crippen LogP contribution >= 0.6 is 11.6 Å². The van der Waals surface area contributed by atoms with E-state index in [0.717, 1.165) is 60.5 Å². The van der Waals surface area contributed by atoms with Gasteiger partial charge in [-0.05, 0) is 54.8 Å². The summed E-state index contributed by atoms with van der Waals surface area (Å²) in [6.07, 6.45) is 1.99. The highest BCUT2D eigenvalue weighted by Crippen LogP contribution is 2.31. The molecule has 0 aliphatic carbocycles. The second-order valence-corrected chi connectivity index (χ2v) is 12.5. The Balaban J connectivity index is 0.000000950. The SMILES string of the molecule is C1COC1.Cn1c(CN2CC=C(c3cccc(OCc4ccc(Cl)cc4F)n3)CC2)nc2cc(-c3nc(-c4cnc(C(F)(F)F)[nH]4)co3)ccc21. The van der Waals surface area contributed by atoms with Gasteiger partial charge in [-0.15, -0.1) is 0 Å². The third-order valence-corrected chi connectivity index (χ3v) is 8.76. The number of imidazole rings is 2. The number of ether oxygens (including phenoxy) is 2. The lowest BCUT2D eigenvalue weighted by Gasteiger charge is -2.25. The van der Waals surface area contributed by atoms with E-state index >= 15 is 0 Å². The largest absolute Gasteiger partial charge is 0.473 e. The number of benzene rings is 2. The van der Waals surface area contributed by atoms with E-state index in [1.807, 2.05) is 41.9 Å². The Hall–Kier alpha value is -5.05. The maximum atomic E-state index is 14.1. The summed E-state index contributed by atoms with van der Waals surface area (Å²) in [6.45, 7) is 4.17. The molecule has 4 aromatic heterocycles. The maximum absolute atomic E-state index is 14.1. The first-order valence-corrected chi connectivity index (χ1v) is 16.6. The van der Waals surface area contributed by atoms with Gasteiger partial charge >= 0.3 is 6.18 Å². The van der Waals surface area contributed by atoms with Crippen molar-refractivity contribution in [2.24, 2.45) is 7.05 Å². The average Bonchev–Trinajstić information content (AvgIpc) is 3.84. The van der Waals surface area contributed by atoms with E-state index in [0.29, 0.717) is 35.1 Å². The Morgan fingerprint density at radius 1 is 1.02 bits per heavy atom. The molecule has 0 spiro atoms. The van der Waals surface area contributed by atoms with Gasteiger partial charge in [0.1, 0.15) is 30.2 Å². The lowest BCUT2D eigenvalue weighted by Crippen LogP contribution is -2.29. The van der Waals surface area contributed by atoms with Crippen LogP contribution in [0, 0.1) is 5.82 Å². The summed E-state index contributed by atoms with van der Waals surface area (Å²) in [5.74, 6) is 0.0266. The van der Waals surface area contributed by atoms with Gasteiger partial charge in [0, 0.05) is 55.6 Å². The van der Waals surface area contributed by atoms with Crippen LogP contribution in [-0.4, -0.2) is 60.7 Å². The van der Waals surface area contributed by atoms with E-state index < -0.39 is 17.8 Å². The molecule has 15 heteroatoms. The van der Waals surface area contributed by atoms with Crippen molar-refractivity contribution >= 4 is 28.2 Å². The van der Waals surface area contributed by atoms with Gasteiger partial charge in [0.05, 0.1) is 35.2 Å². The number of aromatic amines is 1. The summed E-state index contributed by atoms with van der Waals surface area (Å²) >= 11 is 5.84. The third-order valence-electron chi connectivity index (χ3n) is 8.52. The van der Waals surface area contributed by atoms with Crippen molar-refractivity contribution in [2.45, 2.75) is 32.2 Å². The molecule has 1 N–H and O–H groups in total. The molecule has 0 atom stereocenters. The fraction of sp³-hybridized carbons (Fsp3) is 0.278. The summed E-state index contributed by atoms with van der Waals surface area (Å²) in [4.78, 5) is 21.8. The van der Waals surface area contributed by atoms with Crippen LogP contribution in [0.25, 0.3) is 39.4 Å². The number of rotatable bonds is 8. The number of oxazole rings is 1. The summed E-state index contributed by atoms with van der Waals surface area (Å²) in [5, 5.41) is 0.330. The fourth-order valence-corrected chi connectivity index (χ4v) is 5.70. The minimum atomic E-state index is -4.58. The number of H-pyrrole nitrogens is 1. The van der Waals surface area contributed by atoms with Gasteiger partial charge in [-0.25, -0.2) is 24.3 Å². The second kappa shape index (κ2) is 14.7. The predicted molar refractivity (Wildman–Crippen MR) is 182 cm³/mol. The Morgan fingerprint density at radius 2 is 1.84 bits per heavy atom. The van der Waals surface area contributed by atoms with Gasteiger partial charge in [-0.1, -0.05) is 29.8 Å². The highest BCUT2D eigenvalue weighted by molar-refractivity contribution is 6.30. The van der Waals surface area contributed by atoms with E-state index in [9.17, 15) is 17.6 Å². The lowest BCUT2D eigenvalue weighted by atomic mass is 10.0. The number of hydrogen-bond acceptors (Lipinski definition) is 8. The molecule has 264 valence electrons. The molecule has 8 rings (SSSR count). The smallest absolute Gasteiger partial charge is 0.449 e. The molecule has 0 amide bonds. The van der Waals surface area contributed by atoms with Crippen molar-refractivity contribution in [3.8, 4) is 28.7 Å². The molecule has 2 aliphatic heterocycles. The van der Waals surface area contributed by atoms with Gasteiger partial charge in [0.2, 0.25) is 17.6 Å². The van der Waals surface area contributed by atoms with Gasteiger partial charge in [0.15, 0.2) is 0 Å². The normalized spacial score (nSPS) is 14.9. The molecule has 10 nitrogen and oxygen atoms in total. The first kappa shape index (κ1) is 34.4. The number of hydrogen-bond donors (Lipinski definition) is 1. The molecule has 2 aliphatic rings. The van der Waals surface area contributed by atoms with Crippen LogP contribution in [0.15, 0.2) is 77.6 Å². The van der Waals surface area contributed by atoms with Crippen molar-refractivity contribution in [1.82, 2.24) is 34.4 Å². The minimum Gasteiger partial charge on any atom is -0.473 e. The molecular weight excluding hydrogens is 690 g/mol. The molecular formula is C36H32ClF4N7O3.